The largest absolute Gasteiger partial charge is 0.489 e. The molecule has 1 aliphatic heterocycles. The number of nitrogens with zero attached hydrogens (tertiary/aromatic N) is 4. The summed E-state index contributed by atoms with van der Waals surface area (Å²) in [4.78, 5) is 14.0. The molecule has 2 aromatic heterocycles. The molecule has 3 fully saturated rings. The van der Waals surface area contributed by atoms with E-state index in [1.807, 2.05) is 35.0 Å². The predicted octanol–water partition coefficient (Wildman–Crippen LogP) is 8.74. The third-order valence-electron chi connectivity index (χ3n) is 8.79. The van der Waals surface area contributed by atoms with E-state index >= 15 is 0 Å². The molecule has 3 aromatic carbocycles. The molecular formula is C33H27Cl3N4O4. The molecule has 2 saturated carbocycles. The summed E-state index contributed by atoms with van der Waals surface area (Å²) < 4.78 is 13.9. The molecule has 0 unspecified atom stereocenters. The van der Waals surface area contributed by atoms with Gasteiger partial charge in [0, 0.05) is 46.6 Å². The summed E-state index contributed by atoms with van der Waals surface area (Å²) in [5.41, 5.74) is 5.23. The smallest absolute Gasteiger partial charge is 0.357 e. The van der Waals surface area contributed by atoms with E-state index in [1.54, 1.807) is 18.2 Å². The van der Waals surface area contributed by atoms with E-state index in [4.69, 9.17) is 44.1 Å². The van der Waals surface area contributed by atoms with Crippen molar-refractivity contribution in [3.05, 3.63) is 92.2 Å². The molecule has 0 bridgehead atoms. The Kier molecular flexibility index (Phi) is 6.77. The second-order valence-electron chi connectivity index (χ2n) is 11.8. The third-order valence-corrected chi connectivity index (χ3v) is 9.75. The van der Waals surface area contributed by atoms with Gasteiger partial charge in [-0.05, 0) is 73.7 Å². The molecular weight excluding hydrogens is 623 g/mol. The molecule has 5 aromatic rings. The van der Waals surface area contributed by atoms with Crippen molar-refractivity contribution in [2.24, 2.45) is 0 Å². The molecule has 3 aliphatic rings. The van der Waals surface area contributed by atoms with Gasteiger partial charge in [-0.2, -0.15) is 5.10 Å². The molecule has 0 radical (unpaired) electrons. The SMILES string of the molecule is O=C(O)c1nn(C2CC2)c2cc(N3CC(c4ccc(OCc5c(-c6c(Cl)cccc6Cl)noc5C5CC5)cc4Cl)C3)ccc12. The van der Waals surface area contributed by atoms with Crippen LogP contribution in [0.2, 0.25) is 15.1 Å². The maximum Gasteiger partial charge on any atom is 0.357 e. The summed E-state index contributed by atoms with van der Waals surface area (Å²) >= 11 is 19.8. The Hall–Kier alpha value is -3.72. The van der Waals surface area contributed by atoms with E-state index in [0.717, 1.165) is 66.9 Å². The number of hydrogen-bond donors (Lipinski definition) is 1. The molecule has 1 saturated heterocycles. The molecule has 1 N–H and O–H groups in total. The average Bonchev–Trinajstić information content (AvgIpc) is 3.92. The van der Waals surface area contributed by atoms with Crippen molar-refractivity contribution in [3.8, 4) is 17.0 Å². The summed E-state index contributed by atoms with van der Waals surface area (Å²) in [5.74, 6) is 1.08. The van der Waals surface area contributed by atoms with E-state index in [1.165, 1.54) is 0 Å². The van der Waals surface area contributed by atoms with Gasteiger partial charge in [0.25, 0.3) is 0 Å². The van der Waals surface area contributed by atoms with Crippen LogP contribution in [0.15, 0.2) is 59.1 Å². The van der Waals surface area contributed by atoms with Crippen molar-refractivity contribution < 1.29 is 19.2 Å². The average molecular weight is 650 g/mol. The minimum Gasteiger partial charge on any atom is -0.489 e. The van der Waals surface area contributed by atoms with E-state index < -0.39 is 5.97 Å². The van der Waals surface area contributed by atoms with Gasteiger partial charge in [-0.15, -0.1) is 0 Å². The number of anilines is 1. The first kappa shape index (κ1) is 27.8. The summed E-state index contributed by atoms with van der Waals surface area (Å²) in [7, 11) is 0. The summed E-state index contributed by atoms with van der Waals surface area (Å²) in [6.45, 7) is 1.87. The highest BCUT2D eigenvalue weighted by atomic mass is 35.5. The van der Waals surface area contributed by atoms with Crippen molar-refractivity contribution in [1.29, 1.82) is 0 Å². The van der Waals surface area contributed by atoms with Crippen molar-refractivity contribution in [2.75, 3.05) is 18.0 Å². The number of carbonyl (C=O) groups is 1. The number of halogens is 3. The van der Waals surface area contributed by atoms with Crippen LogP contribution in [0.5, 0.6) is 5.75 Å². The lowest BCUT2D eigenvalue weighted by atomic mass is 9.90. The van der Waals surface area contributed by atoms with Crippen LogP contribution in [-0.4, -0.2) is 39.1 Å². The molecule has 3 heterocycles. The van der Waals surface area contributed by atoms with Gasteiger partial charge in [0.1, 0.15) is 23.8 Å². The molecule has 0 spiro atoms. The molecule has 8 nitrogen and oxygen atoms in total. The Morgan fingerprint density at radius 2 is 1.73 bits per heavy atom. The molecule has 2 aliphatic carbocycles. The zero-order chi connectivity index (χ0) is 30.1. The number of carboxylic acid groups (broad SMARTS) is 1. The summed E-state index contributed by atoms with van der Waals surface area (Å²) in [6.07, 6.45) is 4.17. The van der Waals surface area contributed by atoms with Crippen molar-refractivity contribution in [1.82, 2.24) is 14.9 Å². The number of ether oxygens (including phenoxy) is 1. The first-order valence-electron chi connectivity index (χ1n) is 14.7. The van der Waals surface area contributed by atoms with Crippen LogP contribution >= 0.6 is 34.8 Å². The molecule has 8 rings (SSSR count). The van der Waals surface area contributed by atoms with Crippen LogP contribution in [0.4, 0.5) is 5.69 Å². The van der Waals surface area contributed by atoms with Gasteiger partial charge in [-0.1, -0.05) is 52.1 Å². The second-order valence-corrected chi connectivity index (χ2v) is 13.1. The fourth-order valence-electron chi connectivity index (χ4n) is 6.10. The third kappa shape index (κ3) is 4.89. The minimum atomic E-state index is -0.997. The van der Waals surface area contributed by atoms with E-state index in [9.17, 15) is 9.90 Å². The first-order chi connectivity index (χ1) is 21.4. The summed E-state index contributed by atoms with van der Waals surface area (Å²) in [6, 6.07) is 17.4. The number of benzene rings is 3. The zero-order valence-electron chi connectivity index (χ0n) is 23.5. The molecule has 0 atom stereocenters. The fraction of sp³-hybridized carbons (Fsp3) is 0.303. The Balaban J connectivity index is 0.977. The highest BCUT2D eigenvalue weighted by Gasteiger charge is 2.35. The monoisotopic (exact) mass is 648 g/mol. The van der Waals surface area contributed by atoms with Gasteiger partial charge in [-0.3, -0.25) is 4.68 Å². The molecule has 11 heteroatoms. The van der Waals surface area contributed by atoms with Gasteiger partial charge in [0.05, 0.1) is 27.2 Å². The van der Waals surface area contributed by atoms with Crippen molar-refractivity contribution >= 4 is 57.4 Å². The maximum atomic E-state index is 11.7. The number of carboxylic acids is 1. The maximum absolute atomic E-state index is 11.7. The predicted molar refractivity (Wildman–Crippen MR) is 170 cm³/mol. The lowest BCUT2D eigenvalue weighted by Crippen LogP contribution is -2.45. The fourth-order valence-corrected chi connectivity index (χ4v) is 7.00. The number of rotatable bonds is 9. The highest BCUT2D eigenvalue weighted by Crippen LogP contribution is 2.46. The number of aromatic carboxylic acids is 1. The van der Waals surface area contributed by atoms with Crippen molar-refractivity contribution in [2.45, 2.75) is 50.2 Å². The van der Waals surface area contributed by atoms with Crippen LogP contribution in [-0.2, 0) is 6.61 Å². The van der Waals surface area contributed by atoms with Gasteiger partial charge in [-0.25, -0.2) is 4.79 Å². The Bertz CT molecular complexity index is 1920. The Labute approximate surface area is 268 Å². The zero-order valence-corrected chi connectivity index (χ0v) is 25.7. The van der Waals surface area contributed by atoms with E-state index in [0.29, 0.717) is 43.4 Å². The number of aromatic nitrogens is 3. The van der Waals surface area contributed by atoms with Crippen LogP contribution < -0.4 is 9.64 Å². The highest BCUT2D eigenvalue weighted by molar-refractivity contribution is 6.39. The molecule has 0 amide bonds. The van der Waals surface area contributed by atoms with E-state index in [-0.39, 0.29) is 24.3 Å². The molecule has 44 heavy (non-hydrogen) atoms. The van der Waals surface area contributed by atoms with E-state index in [2.05, 4.69) is 21.2 Å². The standard InChI is InChI=1S/C33H27Cl3N4O4/c34-25-2-1-3-26(35)29(25)30-24(32(44-38-30)17-4-5-17)16-43-21-9-11-22(27(36)13-21)18-14-39(15-18)20-8-10-23-28(12-20)40(19-6-7-19)37-31(23)33(41)42/h1-3,8-13,17-19H,4-7,14-16H2,(H,41,42). The van der Waals surface area contributed by atoms with Crippen LogP contribution in [0, 0.1) is 0 Å². The summed E-state index contributed by atoms with van der Waals surface area (Å²) in [5, 5.41) is 20.7. The number of hydrogen-bond acceptors (Lipinski definition) is 6. The lowest BCUT2D eigenvalue weighted by Gasteiger charge is -2.41. The normalized spacial score (nSPS) is 16.8. The van der Waals surface area contributed by atoms with Crippen LogP contribution in [0.1, 0.15) is 70.9 Å². The van der Waals surface area contributed by atoms with Gasteiger partial charge in [0.15, 0.2) is 5.69 Å². The topological polar surface area (TPSA) is 93.6 Å². The lowest BCUT2D eigenvalue weighted by molar-refractivity contribution is 0.0691. The molecule has 224 valence electrons. The Morgan fingerprint density at radius 1 is 0.955 bits per heavy atom. The Morgan fingerprint density at radius 3 is 2.41 bits per heavy atom. The van der Waals surface area contributed by atoms with Crippen molar-refractivity contribution in [3.63, 3.8) is 0 Å². The van der Waals surface area contributed by atoms with Crippen LogP contribution in [0.3, 0.4) is 0 Å². The number of fused-ring (bicyclic) bond motifs is 1. The first-order valence-corrected chi connectivity index (χ1v) is 15.8. The minimum absolute atomic E-state index is 0.116. The van der Waals surface area contributed by atoms with Gasteiger partial charge >= 0.3 is 5.97 Å². The second kappa shape index (κ2) is 10.7. The van der Waals surface area contributed by atoms with Crippen LogP contribution in [0.25, 0.3) is 22.2 Å². The van der Waals surface area contributed by atoms with Gasteiger partial charge < -0.3 is 19.3 Å². The quantitative estimate of drug-likeness (QED) is 0.171. The van der Waals surface area contributed by atoms with Gasteiger partial charge in [0.2, 0.25) is 0 Å².